The summed E-state index contributed by atoms with van der Waals surface area (Å²) in [6, 6.07) is 10.1. The zero-order valence-corrected chi connectivity index (χ0v) is 8.89. The Kier molecular flexibility index (Phi) is 2.89. The molecule has 0 amide bonds. The van der Waals surface area contributed by atoms with Gasteiger partial charge in [0.05, 0.1) is 5.60 Å². The van der Waals surface area contributed by atoms with Crippen LogP contribution in [0.3, 0.4) is 0 Å². The highest BCUT2D eigenvalue weighted by molar-refractivity contribution is 5.51. The summed E-state index contributed by atoms with van der Waals surface area (Å²) in [6.45, 7) is 0.201. The third-order valence-corrected chi connectivity index (χ3v) is 3.05. The molecule has 15 heavy (non-hydrogen) atoms. The van der Waals surface area contributed by atoms with Crippen molar-refractivity contribution in [3.63, 3.8) is 0 Å². The highest BCUT2D eigenvalue weighted by Gasteiger charge is 2.52. The fourth-order valence-electron chi connectivity index (χ4n) is 1.87. The van der Waals surface area contributed by atoms with Gasteiger partial charge in [0, 0.05) is 19.6 Å². The van der Waals surface area contributed by atoms with Crippen LogP contribution < -0.4 is 0 Å². The molecule has 0 spiro atoms. The van der Waals surface area contributed by atoms with E-state index in [4.69, 9.17) is 9.84 Å². The summed E-state index contributed by atoms with van der Waals surface area (Å²) in [6.07, 6.45) is 5.03. The van der Waals surface area contributed by atoms with Gasteiger partial charge in [-0.15, -0.1) is 0 Å². The number of methoxy groups -OCH3 is 1. The largest absolute Gasteiger partial charge is 0.396 e. The standard InChI is InChI=1S/C13H16O2/c1-15-13(9-12(13)10-14)8-7-11-5-3-2-4-6-11/h2-8,12,14H,9-10H2,1H3/b8-7+. The second kappa shape index (κ2) is 4.17. The molecular formula is C13H16O2. The molecule has 0 aliphatic heterocycles. The zero-order chi connectivity index (χ0) is 10.7. The number of hydrogen-bond acceptors (Lipinski definition) is 2. The lowest BCUT2D eigenvalue weighted by molar-refractivity contribution is 0.0936. The summed E-state index contributed by atoms with van der Waals surface area (Å²) in [7, 11) is 1.70. The number of aliphatic hydroxyl groups excluding tert-OH is 1. The molecule has 1 aliphatic carbocycles. The van der Waals surface area contributed by atoms with E-state index in [1.165, 1.54) is 0 Å². The minimum atomic E-state index is -0.218. The maximum absolute atomic E-state index is 9.06. The van der Waals surface area contributed by atoms with E-state index < -0.39 is 0 Å². The topological polar surface area (TPSA) is 29.5 Å². The minimum Gasteiger partial charge on any atom is -0.396 e. The molecule has 2 heteroatoms. The Bertz CT molecular complexity index is 345. The van der Waals surface area contributed by atoms with Crippen LogP contribution in [0.2, 0.25) is 0 Å². The van der Waals surface area contributed by atoms with Crippen LogP contribution in [0.25, 0.3) is 6.08 Å². The van der Waals surface area contributed by atoms with Crippen LogP contribution in [0.1, 0.15) is 12.0 Å². The van der Waals surface area contributed by atoms with Gasteiger partial charge in [0.25, 0.3) is 0 Å². The van der Waals surface area contributed by atoms with Crippen LogP contribution in [0.5, 0.6) is 0 Å². The molecular weight excluding hydrogens is 188 g/mol. The lowest BCUT2D eigenvalue weighted by atomic mass is 10.1. The van der Waals surface area contributed by atoms with Gasteiger partial charge in [-0.2, -0.15) is 0 Å². The summed E-state index contributed by atoms with van der Waals surface area (Å²) in [4.78, 5) is 0. The van der Waals surface area contributed by atoms with E-state index in [9.17, 15) is 0 Å². The first-order chi connectivity index (χ1) is 7.30. The second-order valence-electron chi connectivity index (χ2n) is 3.99. The van der Waals surface area contributed by atoms with Crippen molar-refractivity contribution in [1.82, 2.24) is 0 Å². The lowest BCUT2D eigenvalue weighted by Gasteiger charge is -2.09. The summed E-state index contributed by atoms with van der Waals surface area (Å²) >= 11 is 0. The molecule has 0 aromatic heterocycles. The number of hydrogen-bond donors (Lipinski definition) is 1. The van der Waals surface area contributed by atoms with E-state index in [-0.39, 0.29) is 18.1 Å². The van der Waals surface area contributed by atoms with E-state index in [2.05, 4.69) is 24.3 Å². The average molecular weight is 204 g/mol. The van der Waals surface area contributed by atoms with Crippen LogP contribution in [-0.2, 0) is 4.74 Å². The third kappa shape index (κ3) is 2.11. The summed E-state index contributed by atoms with van der Waals surface area (Å²) in [5.41, 5.74) is 0.947. The predicted octanol–water partition coefficient (Wildman–Crippen LogP) is 2.10. The highest BCUT2D eigenvalue weighted by Crippen LogP contribution is 2.47. The van der Waals surface area contributed by atoms with Crippen molar-refractivity contribution in [2.24, 2.45) is 5.92 Å². The van der Waals surface area contributed by atoms with Gasteiger partial charge in [-0.05, 0) is 12.0 Å². The smallest absolute Gasteiger partial charge is 0.0917 e. The number of rotatable bonds is 4. The Morgan fingerprint density at radius 1 is 1.47 bits per heavy atom. The number of ether oxygens (including phenoxy) is 1. The first-order valence-corrected chi connectivity index (χ1v) is 5.21. The molecule has 80 valence electrons. The van der Waals surface area contributed by atoms with Crippen LogP contribution >= 0.6 is 0 Å². The van der Waals surface area contributed by atoms with Crippen LogP contribution in [0.15, 0.2) is 36.4 Å². The highest BCUT2D eigenvalue weighted by atomic mass is 16.5. The van der Waals surface area contributed by atoms with Gasteiger partial charge in [-0.3, -0.25) is 0 Å². The van der Waals surface area contributed by atoms with Crippen molar-refractivity contribution < 1.29 is 9.84 Å². The van der Waals surface area contributed by atoms with Gasteiger partial charge in [-0.25, -0.2) is 0 Å². The summed E-state index contributed by atoms with van der Waals surface area (Å²) in [5, 5.41) is 9.06. The van der Waals surface area contributed by atoms with Crippen molar-refractivity contribution in [2.45, 2.75) is 12.0 Å². The van der Waals surface area contributed by atoms with Crippen molar-refractivity contribution >= 4 is 6.08 Å². The molecule has 2 rings (SSSR count). The zero-order valence-electron chi connectivity index (χ0n) is 8.89. The quantitative estimate of drug-likeness (QED) is 0.813. The molecule has 2 unspecified atom stereocenters. The van der Waals surface area contributed by atoms with Crippen LogP contribution in [0.4, 0.5) is 0 Å². The SMILES string of the molecule is COC1(/C=C/c2ccccc2)CC1CO. The molecule has 1 aromatic rings. The molecule has 1 N–H and O–H groups in total. The van der Waals surface area contributed by atoms with Gasteiger partial charge in [-0.1, -0.05) is 42.5 Å². The summed E-state index contributed by atoms with van der Waals surface area (Å²) in [5.74, 6) is 0.266. The Labute approximate surface area is 90.2 Å². The average Bonchev–Trinajstić information content (AvgIpc) is 3.02. The maximum atomic E-state index is 9.06. The normalized spacial score (nSPS) is 29.6. The van der Waals surface area contributed by atoms with E-state index in [1.54, 1.807) is 7.11 Å². The Balaban J connectivity index is 2.06. The van der Waals surface area contributed by atoms with Crippen LogP contribution in [-0.4, -0.2) is 24.4 Å². The molecule has 2 nitrogen and oxygen atoms in total. The number of aliphatic hydroxyl groups is 1. The predicted molar refractivity (Wildman–Crippen MR) is 60.4 cm³/mol. The van der Waals surface area contributed by atoms with Crippen molar-refractivity contribution in [3.05, 3.63) is 42.0 Å². The summed E-state index contributed by atoms with van der Waals surface area (Å²) < 4.78 is 5.43. The van der Waals surface area contributed by atoms with Crippen LogP contribution in [0, 0.1) is 5.92 Å². The van der Waals surface area contributed by atoms with Crippen molar-refractivity contribution in [2.75, 3.05) is 13.7 Å². The molecule has 0 radical (unpaired) electrons. The molecule has 0 heterocycles. The van der Waals surface area contributed by atoms with Gasteiger partial charge in [0.15, 0.2) is 0 Å². The van der Waals surface area contributed by atoms with Gasteiger partial charge in [0.1, 0.15) is 0 Å². The van der Waals surface area contributed by atoms with E-state index in [0.717, 1.165) is 12.0 Å². The third-order valence-electron chi connectivity index (χ3n) is 3.05. The first kappa shape index (κ1) is 10.4. The molecule has 1 aliphatic rings. The van der Waals surface area contributed by atoms with E-state index in [0.29, 0.717) is 0 Å². The Morgan fingerprint density at radius 3 is 2.73 bits per heavy atom. The molecule has 1 saturated carbocycles. The van der Waals surface area contributed by atoms with Gasteiger partial charge in [0.2, 0.25) is 0 Å². The first-order valence-electron chi connectivity index (χ1n) is 5.21. The minimum absolute atomic E-state index is 0.201. The van der Waals surface area contributed by atoms with E-state index >= 15 is 0 Å². The molecule has 0 saturated heterocycles. The van der Waals surface area contributed by atoms with Gasteiger partial charge >= 0.3 is 0 Å². The van der Waals surface area contributed by atoms with E-state index in [1.807, 2.05) is 18.2 Å². The monoisotopic (exact) mass is 204 g/mol. The Hall–Kier alpha value is -1.12. The molecule has 1 aromatic carbocycles. The fraction of sp³-hybridized carbons (Fsp3) is 0.385. The molecule has 0 bridgehead atoms. The Morgan fingerprint density at radius 2 is 2.20 bits per heavy atom. The lowest BCUT2D eigenvalue weighted by Crippen LogP contribution is -2.12. The molecule has 2 atom stereocenters. The fourth-order valence-corrected chi connectivity index (χ4v) is 1.87. The second-order valence-corrected chi connectivity index (χ2v) is 3.99. The molecule has 1 fully saturated rings. The maximum Gasteiger partial charge on any atom is 0.0917 e. The number of benzene rings is 1. The van der Waals surface area contributed by atoms with Crippen molar-refractivity contribution in [3.8, 4) is 0 Å². The van der Waals surface area contributed by atoms with Gasteiger partial charge < -0.3 is 9.84 Å². The van der Waals surface area contributed by atoms with Crippen molar-refractivity contribution in [1.29, 1.82) is 0 Å².